The molecule has 0 unspecified atom stereocenters. The minimum atomic E-state index is 0.430. The Bertz CT molecular complexity index is 385. The molecule has 17 heavy (non-hydrogen) atoms. The Morgan fingerprint density at radius 2 is 1.94 bits per heavy atom. The Balaban J connectivity index is 2.34. The molecule has 0 radical (unpaired) electrons. The molecule has 1 rings (SSSR count). The van der Waals surface area contributed by atoms with Crippen LogP contribution in [0.15, 0.2) is 35.4 Å². The fraction of sp³-hybridized carbons (Fsp3) is 0.385. The monoisotopic (exact) mass is 249 g/mol. The number of nitrogens with one attached hydrogen (secondary N) is 2. The molecule has 1 aromatic carbocycles. The Labute approximate surface area is 108 Å². The molecule has 0 fully saturated rings. The van der Waals surface area contributed by atoms with E-state index in [-0.39, 0.29) is 0 Å². The van der Waals surface area contributed by atoms with Crippen molar-refractivity contribution in [2.45, 2.75) is 27.3 Å². The van der Waals surface area contributed by atoms with Crippen LogP contribution in [-0.2, 0) is 6.54 Å². The lowest BCUT2D eigenvalue weighted by molar-refractivity contribution is 0.830. The van der Waals surface area contributed by atoms with Gasteiger partial charge in [0.25, 0.3) is 0 Å². The third-order valence-electron chi connectivity index (χ3n) is 2.47. The number of nitrogens with zero attached hydrogens (tertiary/aromatic N) is 1. The van der Waals surface area contributed by atoms with Gasteiger partial charge in [0.1, 0.15) is 0 Å². The topological polar surface area (TPSA) is 36.4 Å². The normalized spacial score (nSPS) is 11.4. The van der Waals surface area contributed by atoms with Gasteiger partial charge in [-0.15, -0.1) is 0 Å². The van der Waals surface area contributed by atoms with Crippen molar-refractivity contribution in [1.29, 1.82) is 0 Å². The molecule has 0 aliphatic carbocycles. The van der Waals surface area contributed by atoms with Crippen LogP contribution in [0.1, 0.15) is 26.3 Å². The van der Waals surface area contributed by atoms with E-state index in [0.29, 0.717) is 17.6 Å². The number of rotatable bonds is 4. The van der Waals surface area contributed by atoms with E-state index in [1.165, 1.54) is 5.56 Å². The van der Waals surface area contributed by atoms with Crippen molar-refractivity contribution in [2.24, 2.45) is 11.0 Å². The zero-order valence-electron chi connectivity index (χ0n) is 10.5. The van der Waals surface area contributed by atoms with Gasteiger partial charge < -0.3 is 5.32 Å². The van der Waals surface area contributed by atoms with Crippen LogP contribution < -0.4 is 10.7 Å². The average Bonchev–Trinajstić information content (AvgIpc) is 2.34. The highest BCUT2D eigenvalue weighted by Crippen LogP contribution is 1.97. The van der Waals surface area contributed by atoms with Crippen LogP contribution in [0, 0.1) is 5.92 Å². The molecule has 4 heteroatoms. The fourth-order valence-electron chi connectivity index (χ4n) is 1.09. The summed E-state index contributed by atoms with van der Waals surface area (Å²) in [7, 11) is 0. The molecule has 0 spiro atoms. The molecule has 2 N–H and O–H groups in total. The summed E-state index contributed by atoms with van der Waals surface area (Å²) in [6, 6.07) is 10.1. The molecule has 0 saturated heterocycles. The highest BCUT2D eigenvalue weighted by atomic mass is 32.1. The molecule has 0 aliphatic rings. The second-order valence-corrected chi connectivity index (χ2v) is 4.60. The first-order valence-electron chi connectivity index (χ1n) is 5.71. The van der Waals surface area contributed by atoms with Crippen LogP contribution >= 0.6 is 12.2 Å². The Morgan fingerprint density at radius 1 is 1.29 bits per heavy atom. The summed E-state index contributed by atoms with van der Waals surface area (Å²) >= 11 is 5.13. The second-order valence-electron chi connectivity index (χ2n) is 4.19. The molecule has 92 valence electrons. The summed E-state index contributed by atoms with van der Waals surface area (Å²) in [6.45, 7) is 6.89. The van der Waals surface area contributed by atoms with Gasteiger partial charge in [-0.1, -0.05) is 44.2 Å². The predicted octanol–water partition coefficient (Wildman–Crippen LogP) is 2.68. The summed E-state index contributed by atoms with van der Waals surface area (Å²) in [5, 5.41) is 7.86. The van der Waals surface area contributed by atoms with E-state index in [1.54, 1.807) is 0 Å². The van der Waals surface area contributed by atoms with E-state index >= 15 is 0 Å². The standard InChI is InChI=1S/C13H19N3S/c1-10(2)11(3)15-16-13(17)14-9-12-7-5-4-6-8-12/h4-8,10H,9H2,1-3H3,(H2,14,16,17)/b15-11+. The van der Waals surface area contributed by atoms with Crippen molar-refractivity contribution in [3.05, 3.63) is 35.9 Å². The van der Waals surface area contributed by atoms with Crippen LogP contribution in [0.25, 0.3) is 0 Å². The number of thiocarbonyl (C=S) groups is 1. The predicted molar refractivity (Wildman–Crippen MR) is 77.0 cm³/mol. The van der Waals surface area contributed by atoms with Gasteiger partial charge in [-0.2, -0.15) is 5.10 Å². The first-order valence-corrected chi connectivity index (χ1v) is 6.12. The second kappa shape index (κ2) is 7.01. The van der Waals surface area contributed by atoms with Crippen LogP contribution in [0.4, 0.5) is 0 Å². The maximum atomic E-state index is 5.13. The summed E-state index contributed by atoms with van der Waals surface area (Å²) in [5.41, 5.74) is 5.07. The largest absolute Gasteiger partial charge is 0.357 e. The zero-order chi connectivity index (χ0) is 12.7. The van der Waals surface area contributed by atoms with E-state index in [0.717, 1.165) is 5.71 Å². The smallest absolute Gasteiger partial charge is 0.187 e. The van der Waals surface area contributed by atoms with Gasteiger partial charge in [0, 0.05) is 12.3 Å². The van der Waals surface area contributed by atoms with Crippen LogP contribution in [0.2, 0.25) is 0 Å². The molecule has 1 aromatic rings. The maximum absolute atomic E-state index is 5.13. The molecule has 0 aliphatic heterocycles. The SMILES string of the molecule is C/C(=N\NC(=S)NCc1ccccc1)C(C)C. The van der Waals surface area contributed by atoms with Crippen molar-refractivity contribution in [1.82, 2.24) is 10.7 Å². The molecule has 0 atom stereocenters. The first-order chi connectivity index (χ1) is 8.09. The molecular weight excluding hydrogens is 230 g/mol. The van der Waals surface area contributed by atoms with Crippen molar-refractivity contribution in [2.75, 3.05) is 0 Å². The lowest BCUT2D eigenvalue weighted by atomic mass is 10.1. The Kier molecular flexibility index (Phi) is 5.63. The zero-order valence-corrected chi connectivity index (χ0v) is 11.3. The number of hydrogen-bond donors (Lipinski definition) is 2. The fourth-order valence-corrected chi connectivity index (χ4v) is 1.20. The Morgan fingerprint density at radius 3 is 2.53 bits per heavy atom. The third kappa shape index (κ3) is 5.45. The van der Waals surface area contributed by atoms with E-state index < -0.39 is 0 Å². The lowest BCUT2D eigenvalue weighted by Gasteiger charge is -2.09. The molecule has 0 aromatic heterocycles. The van der Waals surface area contributed by atoms with Crippen molar-refractivity contribution >= 4 is 23.0 Å². The number of hydrogen-bond acceptors (Lipinski definition) is 2. The van der Waals surface area contributed by atoms with Crippen molar-refractivity contribution in [3.63, 3.8) is 0 Å². The lowest BCUT2D eigenvalue weighted by Crippen LogP contribution is -2.32. The highest BCUT2D eigenvalue weighted by Gasteiger charge is 1.98. The van der Waals surface area contributed by atoms with Gasteiger partial charge in [-0.25, -0.2) is 0 Å². The molecule has 0 heterocycles. The Hall–Kier alpha value is -1.42. The minimum Gasteiger partial charge on any atom is -0.357 e. The number of benzene rings is 1. The summed E-state index contributed by atoms with van der Waals surface area (Å²) in [4.78, 5) is 0. The van der Waals surface area contributed by atoms with Gasteiger partial charge in [-0.05, 0) is 30.6 Å². The first kappa shape index (κ1) is 13.6. The average molecular weight is 249 g/mol. The van der Waals surface area contributed by atoms with Gasteiger partial charge >= 0.3 is 0 Å². The van der Waals surface area contributed by atoms with Gasteiger partial charge in [-0.3, -0.25) is 5.43 Å². The molecule has 0 bridgehead atoms. The minimum absolute atomic E-state index is 0.430. The van der Waals surface area contributed by atoms with Gasteiger partial charge in [0.2, 0.25) is 0 Å². The highest BCUT2D eigenvalue weighted by molar-refractivity contribution is 7.80. The van der Waals surface area contributed by atoms with Crippen LogP contribution in [0.3, 0.4) is 0 Å². The van der Waals surface area contributed by atoms with E-state index in [2.05, 4.69) is 41.8 Å². The maximum Gasteiger partial charge on any atom is 0.187 e. The summed E-state index contributed by atoms with van der Waals surface area (Å²) < 4.78 is 0. The number of hydrazone groups is 1. The van der Waals surface area contributed by atoms with Crippen molar-refractivity contribution in [3.8, 4) is 0 Å². The van der Waals surface area contributed by atoms with E-state index in [4.69, 9.17) is 12.2 Å². The van der Waals surface area contributed by atoms with Crippen LogP contribution in [-0.4, -0.2) is 10.8 Å². The van der Waals surface area contributed by atoms with E-state index in [1.807, 2.05) is 25.1 Å². The summed E-state index contributed by atoms with van der Waals surface area (Å²) in [6.07, 6.45) is 0. The molecular formula is C13H19N3S. The molecule has 0 saturated carbocycles. The summed E-state index contributed by atoms with van der Waals surface area (Å²) in [5.74, 6) is 0.430. The third-order valence-corrected chi connectivity index (χ3v) is 2.70. The van der Waals surface area contributed by atoms with Gasteiger partial charge in [0.15, 0.2) is 5.11 Å². The molecule has 0 amide bonds. The quantitative estimate of drug-likeness (QED) is 0.489. The van der Waals surface area contributed by atoms with Crippen molar-refractivity contribution < 1.29 is 0 Å². The molecule has 3 nitrogen and oxygen atoms in total. The van der Waals surface area contributed by atoms with E-state index in [9.17, 15) is 0 Å². The van der Waals surface area contributed by atoms with Gasteiger partial charge in [0.05, 0.1) is 0 Å². The van der Waals surface area contributed by atoms with Crippen LogP contribution in [0.5, 0.6) is 0 Å².